The normalized spacial score (nSPS) is 10.5. The summed E-state index contributed by atoms with van der Waals surface area (Å²) in [6, 6.07) is 1.03. The van der Waals surface area contributed by atoms with Gasteiger partial charge >= 0.3 is 6.18 Å². The molecule has 0 bridgehead atoms. The average molecular weight is 222 g/mol. The Morgan fingerprint density at radius 3 is 2.40 bits per heavy atom. The second-order valence-corrected chi connectivity index (χ2v) is 2.64. The van der Waals surface area contributed by atoms with E-state index in [1.807, 2.05) is 13.8 Å². The van der Waals surface area contributed by atoms with Crippen molar-refractivity contribution in [2.24, 2.45) is 7.05 Å². The number of hydrogen-bond acceptors (Lipinski definition) is 1. The van der Waals surface area contributed by atoms with Crippen molar-refractivity contribution in [3.8, 4) is 0 Å². The molecule has 0 atom stereocenters. The monoisotopic (exact) mass is 222 g/mol. The summed E-state index contributed by atoms with van der Waals surface area (Å²) in [5, 5.41) is 3.69. The molecule has 1 heterocycles. The van der Waals surface area contributed by atoms with Crippen molar-refractivity contribution < 1.29 is 14.6 Å². The zero-order chi connectivity index (χ0) is 12.1. The lowest BCUT2D eigenvalue weighted by Crippen LogP contribution is -2.11. The van der Waals surface area contributed by atoms with E-state index in [9.17, 15) is 13.2 Å². The van der Waals surface area contributed by atoms with Gasteiger partial charge in [-0.25, -0.2) is 0 Å². The Morgan fingerprint density at radius 2 is 2.07 bits per heavy atom. The molecule has 0 amide bonds. The highest BCUT2D eigenvalue weighted by Gasteiger charge is 2.34. The topological polar surface area (TPSA) is 17.8 Å². The largest absolute Gasteiger partial charge is 0.433 e. The van der Waals surface area contributed by atoms with Gasteiger partial charge in [-0.05, 0) is 6.07 Å². The molecule has 1 aromatic rings. The molecule has 15 heavy (non-hydrogen) atoms. The summed E-state index contributed by atoms with van der Waals surface area (Å²) in [6.45, 7) is 7.43. The molecule has 0 saturated carbocycles. The van der Waals surface area contributed by atoms with Gasteiger partial charge < -0.3 is 0 Å². The molecule has 0 aliphatic rings. The van der Waals surface area contributed by atoms with Crippen molar-refractivity contribution in [2.45, 2.75) is 26.4 Å². The van der Waals surface area contributed by atoms with Crippen LogP contribution in [0.25, 0.3) is 0 Å². The Bertz CT molecular complexity index is 318. The number of alkyl halides is 3. The van der Waals surface area contributed by atoms with Crippen LogP contribution in [-0.2, 0) is 19.6 Å². The maximum Gasteiger partial charge on any atom is 0.433 e. The summed E-state index contributed by atoms with van der Waals surface area (Å²) in [6.07, 6.45) is -2.46. The third-order valence-electron chi connectivity index (χ3n) is 1.57. The first-order chi connectivity index (χ1) is 6.95. The molecule has 0 aromatic carbocycles. The average Bonchev–Trinajstić information content (AvgIpc) is 2.50. The molecule has 0 fully saturated rings. The van der Waals surface area contributed by atoms with Gasteiger partial charge in [0, 0.05) is 14.9 Å². The molecule has 88 valence electrons. The van der Waals surface area contributed by atoms with Crippen molar-refractivity contribution in [1.82, 2.24) is 9.78 Å². The van der Waals surface area contributed by atoms with Crippen LogP contribution >= 0.6 is 0 Å². The van der Waals surface area contributed by atoms with E-state index in [0.29, 0.717) is 12.1 Å². The molecule has 0 radical (unpaired) electrons. The third-order valence-corrected chi connectivity index (χ3v) is 1.57. The van der Waals surface area contributed by atoms with E-state index in [4.69, 9.17) is 0 Å². The lowest BCUT2D eigenvalue weighted by Gasteiger charge is -2.04. The molecule has 0 saturated heterocycles. The van der Waals surface area contributed by atoms with Crippen LogP contribution < -0.4 is 0 Å². The van der Waals surface area contributed by atoms with Crippen LogP contribution in [0.4, 0.5) is 13.2 Å². The zero-order valence-electron chi connectivity index (χ0n) is 9.10. The molecule has 1 rings (SSSR count). The third kappa shape index (κ3) is 3.77. The number of halogens is 3. The molecular weight excluding hydrogens is 205 g/mol. The number of aromatic nitrogens is 2. The summed E-state index contributed by atoms with van der Waals surface area (Å²) >= 11 is 0. The SMILES string of the molecule is C=CCc1cc(C(F)(F)F)n(C)n1.CC.[HH]. The van der Waals surface area contributed by atoms with Crippen LogP contribution in [0.15, 0.2) is 18.7 Å². The van der Waals surface area contributed by atoms with Crippen LogP contribution in [0.3, 0.4) is 0 Å². The number of nitrogens with zero attached hydrogens (tertiary/aromatic N) is 2. The Morgan fingerprint density at radius 1 is 1.53 bits per heavy atom. The highest BCUT2D eigenvalue weighted by atomic mass is 19.4. The summed E-state index contributed by atoms with van der Waals surface area (Å²) in [5.74, 6) is 0. The van der Waals surface area contributed by atoms with Gasteiger partial charge in [0.1, 0.15) is 5.69 Å². The fourth-order valence-electron chi connectivity index (χ4n) is 1.04. The fraction of sp³-hybridized carbons (Fsp3) is 0.500. The summed E-state index contributed by atoms with van der Waals surface area (Å²) in [4.78, 5) is 0. The Hall–Kier alpha value is -1.26. The zero-order valence-corrected chi connectivity index (χ0v) is 9.10. The van der Waals surface area contributed by atoms with Crippen molar-refractivity contribution >= 4 is 0 Å². The molecule has 0 spiro atoms. The van der Waals surface area contributed by atoms with E-state index < -0.39 is 11.9 Å². The Balaban J connectivity index is 0. The first kappa shape index (κ1) is 13.7. The first-order valence-corrected chi connectivity index (χ1v) is 4.66. The highest BCUT2D eigenvalue weighted by molar-refractivity contribution is 5.15. The van der Waals surface area contributed by atoms with E-state index in [1.165, 1.54) is 13.1 Å². The van der Waals surface area contributed by atoms with Crippen molar-refractivity contribution in [3.05, 3.63) is 30.1 Å². The van der Waals surface area contributed by atoms with Crippen molar-refractivity contribution in [1.29, 1.82) is 0 Å². The van der Waals surface area contributed by atoms with E-state index in [0.717, 1.165) is 10.7 Å². The van der Waals surface area contributed by atoms with Gasteiger partial charge in [-0.15, -0.1) is 6.58 Å². The van der Waals surface area contributed by atoms with Crippen LogP contribution in [-0.4, -0.2) is 9.78 Å². The van der Waals surface area contributed by atoms with Gasteiger partial charge in [0.05, 0.1) is 5.69 Å². The van der Waals surface area contributed by atoms with E-state index in [2.05, 4.69) is 11.7 Å². The molecule has 2 nitrogen and oxygen atoms in total. The number of rotatable bonds is 2. The minimum Gasteiger partial charge on any atom is -0.263 e. The van der Waals surface area contributed by atoms with Gasteiger partial charge in [-0.2, -0.15) is 18.3 Å². The first-order valence-electron chi connectivity index (χ1n) is 4.66. The molecule has 0 N–H and O–H groups in total. The predicted octanol–water partition coefficient (Wildman–Crippen LogP) is 3.44. The second-order valence-electron chi connectivity index (χ2n) is 2.64. The van der Waals surface area contributed by atoms with Crippen LogP contribution in [0.2, 0.25) is 0 Å². The second kappa shape index (κ2) is 5.58. The fourth-order valence-corrected chi connectivity index (χ4v) is 1.04. The van der Waals surface area contributed by atoms with Gasteiger partial charge in [0.25, 0.3) is 0 Å². The summed E-state index contributed by atoms with van der Waals surface area (Å²) < 4.78 is 37.5. The van der Waals surface area contributed by atoms with Crippen LogP contribution in [0.1, 0.15) is 26.7 Å². The summed E-state index contributed by atoms with van der Waals surface area (Å²) in [7, 11) is 1.27. The van der Waals surface area contributed by atoms with E-state index in [1.54, 1.807) is 0 Å². The molecule has 0 unspecified atom stereocenters. The quantitative estimate of drug-likeness (QED) is 0.701. The number of hydrogen-bond donors (Lipinski definition) is 0. The molecule has 0 aliphatic heterocycles. The smallest absolute Gasteiger partial charge is 0.263 e. The lowest BCUT2D eigenvalue weighted by atomic mass is 10.3. The minimum atomic E-state index is -4.33. The van der Waals surface area contributed by atoms with E-state index >= 15 is 0 Å². The van der Waals surface area contributed by atoms with Crippen molar-refractivity contribution in [2.75, 3.05) is 0 Å². The van der Waals surface area contributed by atoms with Gasteiger partial charge in [0.2, 0.25) is 0 Å². The summed E-state index contributed by atoms with van der Waals surface area (Å²) in [5.41, 5.74) is -0.353. The van der Waals surface area contributed by atoms with E-state index in [-0.39, 0.29) is 1.43 Å². The minimum absolute atomic E-state index is 0. The molecule has 0 aliphatic carbocycles. The van der Waals surface area contributed by atoms with Crippen molar-refractivity contribution in [3.63, 3.8) is 0 Å². The van der Waals surface area contributed by atoms with Gasteiger partial charge in [-0.3, -0.25) is 4.68 Å². The number of aryl methyl sites for hydroxylation is 1. The van der Waals surface area contributed by atoms with Gasteiger partial charge in [-0.1, -0.05) is 19.9 Å². The Labute approximate surface area is 88.9 Å². The predicted molar refractivity (Wildman–Crippen MR) is 55.6 cm³/mol. The van der Waals surface area contributed by atoms with Crippen LogP contribution in [0.5, 0.6) is 0 Å². The highest BCUT2D eigenvalue weighted by Crippen LogP contribution is 2.29. The maximum atomic E-state index is 12.2. The van der Waals surface area contributed by atoms with Crippen LogP contribution in [0, 0.1) is 0 Å². The lowest BCUT2D eigenvalue weighted by molar-refractivity contribution is -0.143. The Kier molecular flexibility index (Phi) is 5.11. The maximum absolute atomic E-state index is 12.2. The standard InChI is InChI=1S/C8H9F3N2.C2H6.H2/c1-3-4-6-5-7(8(9,10)11)13(2)12-6;1-2;/h3,5H,1,4H2,2H3;1-2H3;1H. The number of allylic oxidation sites excluding steroid dienone is 1. The van der Waals surface area contributed by atoms with Gasteiger partial charge in [0.15, 0.2) is 0 Å². The molecule has 5 heteroatoms. The molecule has 1 aromatic heterocycles. The molecular formula is C10H17F3N2.